The van der Waals surface area contributed by atoms with Crippen LogP contribution < -0.4 is 4.74 Å². The van der Waals surface area contributed by atoms with Crippen LogP contribution in [0.5, 0.6) is 5.75 Å². The summed E-state index contributed by atoms with van der Waals surface area (Å²) in [6, 6.07) is 7.04. The number of imidazole rings is 1. The van der Waals surface area contributed by atoms with E-state index in [1.165, 1.54) is 0 Å². The van der Waals surface area contributed by atoms with E-state index in [1.54, 1.807) is 43.6 Å². The third kappa shape index (κ3) is 2.71. The van der Waals surface area contributed by atoms with Gasteiger partial charge in [0.15, 0.2) is 11.6 Å². The van der Waals surface area contributed by atoms with Crippen LogP contribution in [-0.2, 0) is 4.79 Å². The zero-order chi connectivity index (χ0) is 13.0. The predicted molar refractivity (Wildman–Crippen MR) is 68.7 cm³/mol. The molecule has 0 aliphatic heterocycles. The number of carbonyl (C=O) groups excluding carboxylic acids is 1. The van der Waals surface area contributed by atoms with Crippen LogP contribution in [0.2, 0.25) is 5.02 Å². The smallest absolute Gasteiger partial charge is 0.214 e. The van der Waals surface area contributed by atoms with Gasteiger partial charge in [0.2, 0.25) is 6.10 Å². The van der Waals surface area contributed by atoms with Gasteiger partial charge in [-0.2, -0.15) is 0 Å². The Morgan fingerprint density at radius 1 is 1.50 bits per heavy atom. The first-order valence-electron chi connectivity index (χ1n) is 5.65. The standard InChI is InChI=1S/C13H13ClN2O2/c1-2-10(17)12(13-15-7-8-16-13)18-11-6-4-3-5-9(11)14/h3-8,12H,2H2,1H3,(H,15,16). The number of ether oxygens (including phenoxy) is 1. The van der Waals surface area contributed by atoms with Gasteiger partial charge >= 0.3 is 0 Å². The molecule has 0 saturated heterocycles. The maximum absolute atomic E-state index is 11.9. The zero-order valence-electron chi connectivity index (χ0n) is 9.89. The summed E-state index contributed by atoms with van der Waals surface area (Å²) >= 11 is 6.01. The first-order valence-corrected chi connectivity index (χ1v) is 6.03. The second kappa shape index (κ2) is 5.69. The Morgan fingerprint density at radius 3 is 2.89 bits per heavy atom. The van der Waals surface area contributed by atoms with Gasteiger partial charge in [0.05, 0.1) is 5.02 Å². The lowest BCUT2D eigenvalue weighted by molar-refractivity contribution is -0.126. The Hall–Kier alpha value is -1.81. The Kier molecular flexibility index (Phi) is 3.99. The first kappa shape index (κ1) is 12.6. The van der Waals surface area contributed by atoms with Crippen molar-refractivity contribution in [2.75, 3.05) is 0 Å². The highest BCUT2D eigenvalue weighted by Gasteiger charge is 2.24. The van der Waals surface area contributed by atoms with E-state index in [0.717, 1.165) is 0 Å². The molecule has 0 spiro atoms. The zero-order valence-corrected chi connectivity index (χ0v) is 10.6. The number of rotatable bonds is 5. The summed E-state index contributed by atoms with van der Waals surface area (Å²) in [4.78, 5) is 18.9. The summed E-state index contributed by atoms with van der Waals surface area (Å²) in [5.74, 6) is 0.911. The van der Waals surface area contributed by atoms with Crippen molar-refractivity contribution in [2.45, 2.75) is 19.4 Å². The van der Waals surface area contributed by atoms with Crippen molar-refractivity contribution in [1.82, 2.24) is 9.97 Å². The second-order valence-corrected chi connectivity index (χ2v) is 4.13. The van der Waals surface area contributed by atoms with Crippen molar-refractivity contribution in [1.29, 1.82) is 0 Å². The van der Waals surface area contributed by atoms with E-state index in [4.69, 9.17) is 16.3 Å². The summed E-state index contributed by atoms with van der Waals surface area (Å²) in [5, 5.41) is 0.470. The molecule has 0 amide bonds. The fourth-order valence-electron chi connectivity index (χ4n) is 1.55. The van der Waals surface area contributed by atoms with Crippen LogP contribution >= 0.6 is 11.6 Å². The van der Waals surface area contributed by atoms with Gasteiger partial charge in [-0.15, -0.1) is 0 Å². The monoisotopic (exact) mass is 264 g/mol. The van der Waals surface area contributed by atoms with Crippen molar-refractivity contribution < 1.29 is 9.53 Å². The minimum absolute atomic E-state index is 0.0510. The quantitative estimate of drug-likeness (QED) is 0.902. The largest absolute Gasteiger partial charge is 0.473 e. The maximum Gasteiger partial charge on any atom is 0.214 e. The molecule has 0 fully saturated rings. The third-order valence-electron chi connectivity index (χ3n) is 2.49. The highest BCUT2D eigenvalue weighted by molar-refractivity contribution is 6.32. The first-order chi connectivity index (χ1) is 8.72. The molecule has 0 aliphatic carbocycles. The van der Waals surface area contributed by atoms with Crippen molar-refractivity contribution in [3.63, 3.8) is 0 Å². The molecule has 1 atom stereocenters. The number of hydrogen-bond acceptors (Lipinski definition) is 3. The number of H-pyrrole nitrogens is 1. The number of benzene rings is 1. The van der Waals surface area contributed by atoms with Crippen molar-refractivity contribution in [3.8, 4) is 5.75 Å². The van der Waals surface area contributed by atoms with E-state index in [0.29, 0.717) is 23.0 Å². The Bertz CT molecular complexity index is 526. The molecule has 1 unspecified atom stereocenters. The number of ketones is 1. The number of aromatic nitrogens is 2. The number of nitrogens with zero attached hydrogens (tertiary/aromatic N) is 1. The maximum atomic E-state index is 11.9. The minimum Gasteiger partial charge on any atom is -0.473 e. The van der Waals surface area contributed by atoms with E-state index < -0.39 is 6.10 Å². The van der Waals surface area contributed by atoms with Crippen molar-refractivity contribution in [2.24, 2.45) is 0 Å². The fourth-order valence-corrected chi connectivity index (χ4v) is 1.73. The molecule has 2 rings (SSSR count). The van der Waals surface area contributed by atoms with Gasteiger partial charge < -0.3 is 9.72 Å². The van der Waals surface area contributed by atoms with Gasteiger partial charge in [-0.05, 0) is 12.1 Å². The summed E-state index contributed by atoms with van der Waals surface area (Å²) < 4.78 is 5.67. The molecule has 0 aliphatic rings. The van der Waals surface area contributed by atoms with Crippen LogP contribution in [0.4, 0.5) is 0 Å². The van der Waals surface area contributed by atoms with E-state index in [1.807, 2.05) is 0 Å². The topological polar surface area (TPSA) is 55.0 Å². The molecular formula is C13H13ClN2O2. The number of aromatic amines is 1. The molecule has 0 bridgehead atoms. The lowest BCUT2D eigenvalue weighted by Crippen LogP contribution is -2.19. The molecule has 18 heavy (non-hydrogen) atoms. The molecule has 4 nitrogen and oxygen atoms in total. The average Bonchev–Trinajstić information content (AvgIpc) is 2.90. The average molecular weight is 265 g/mol. The van der Waals surface area contributed by atoms with Gasteiger partial charge in [0.25, 0.3) is 0 Å². The summed E-state index contributed by atoms with van der Waals surface area (Å²) in [5.41, 5.74) is 0. The van der Waals surface area contributed by atoms with Crippen LogP contribution in [0.25, 0.3) is 0 Å². The van der Waals surface area contributed by atoms with Crippen LogP contribution in [0.3, 0.4) is 0 Å². The molecular weight excluding hydrogens is 252 g/mol. The van der Waals surface area contributed by atoms with Gasteiger partial charge in [0.1, 0.15) is 5.75 Å². The lowest BCUT2D eigenvalue weighted by atomic mass is 10.1. The Balaban J connectivity index is 2.26. The lowest BCUT2D eigenvalue weighted by Gasteiger charge is -2.16. The van der Waals surface area contributed by atoms with Crippen LogP contribution in [0, 0.1) is 0 Å². The summed E-state index contributed by atoms with van der Waals surface area (Å²) in [6.07, 6.45) is 2.86. The van der Waals surface area contributed by atoms with Gasteiger partial charge in [-0.25, -0.2) is 4.98 Å². The van der Waals surface area contributed by atoms with Gasteiger partial charge in [-0.1, -0.05) is 30.7 Å². The fraction of sp³-hybridized carbons (Fsp3) is 0.231. The van der Waals surface area contributed by atoms with Crippen molar-refractivity contribution >= 4 is 17.4 Å². The summed E-state index contributed by atoms with van der Waals surface area (Å²) in [6.45, 7) is 1.79. The molecule has 94 valence electrons. The predicted octanol–water partition coefficient (Wildman–Crippen LogP) is 3.16. The van der Waals surface area contributed by atoms with E-state index >= 15 is 0 Å². The number of hydrogen-bond donors (Lipinski definition) is 1. The number of carbonyl (C=O) groups is 1. The van der Waals surface area contributed by atoms with Gasteiger partial charge in [0, 0.05) is 18.8 Å². The van der Waals surface area contributed by atoms with E-state index in [-0.39, 0.29) is 5.78 Å². The van der Waals surface area contributed by atoms with Crippen molar-refractivity contribution in [3.05, 3.63) is 47.5 Å². The SMILES string of the molecule is CCC(=O)C(Oc1ccccc1Cl)c1ncc[nH]1. The van der Waals surface area contributed by atoms with Crippen LogP contribution in [0.15, 0.2) is 36.7 Å². The number of halogens is 1. The molecule has 2 aromatic rings. The molecule has 0 saturated carbocycles. The normalized spacial score (nSPS) is 12.1. The molecule has 1 heterocycles. The highest BCUT2D eigenvalue weighted by atomic mass is 35.5. The molecule has 1 N–H and O–H groups in total. The van der Waals surface area contributed by atoms with Crippen LogP contribution in [0.1, 0.15) is 25.3 Å². The second-order valence-electron chi connectivity index (χ2n) is 3.72. The van der Waals surface area contributed by atoms with Crippen LogP contribution in [-0.4, -0.2) is 15.8 Å². The third-order valence-corrected chi connectivity index (χ3v) is 2.80. The van der Waals surface area contributed by atoms with Gasteiger partial charge in [-0.3, -0.25) is 4.79 Å². The van der Waals surface area contributed by atoms with E-state index in [2.05, 4.69) is 9.97 Å². The minimum atomic E-state index is -0.745. The number of nitrogens with one attached hydrogen (secondary N) is 1. The van der Waals surface area contributed by atoms with E-state index in [9.17, 15) is 4.79 Å². The number of para-hydroxylation sites is 1. The molecule has 1 aromatic heterocycles. The Labute approximate surface area is 110 Å². The molecule has 1 aromatic carbocycles. The Morgan fingerprint density at radius 2 is 2.28 bits per heavy atom. The summed E-state index contributed by atoms with van der Waals surface area (Å²) in [7, 11) is 0. The molecule has 5 heteroatoms. The number of Topliss-reactive ketones (excluding diaryl/α,β-unsaturated/α-hetero) is 1. The highest BCUT2D eigenvalue weighted by Crippen LogP contribution is 2.28. The molecule has 0 radical (unpaired) electrons.